The van der Waals surface area contributed by atoms with Crippen molar-refractivity contribution in [2.75, 3.05) is 98.7 Å². The number of carbonyl (C=O) groups excluding carboxylic acids is 9. The Morgan fingerprint density at radius 3 is 1.05 bits per heavy atom. The highest BCUT2D eigenvalue weighted by atomic mass is 16.7. The van der Waals surface area contributed by atoms with Gasteiger partial charge in [0.1, 0.15) is 122 Å². The van der Waals surface area contributed by atoms with Crippen LogP contribution in [0.3, 0.4) is 0 Å². The summed E-state index contributed by atoms with van der Waals surface area (Å²) in [5.41, 5.74) is -0.833. The second-order valence-electron chi connectivity index (χ2n) is 24.6. The van der Waals surface area contributed by atoms with E-state index >= 15 is 0 Å². The number of hydrogen-bond acceptors (Lipinski definition) is 34. The maximum absolute atomic E-state index is 14.5. The zero-order chi connectivity index (χ0) is 76.3. The summed E-state index contributed by atoms with van der Waals surface area (Å²) in [6.07, 6.45) is -31.1. The second-order valence-corrected chi connectivity index (χ2v) is 24.6. The number of hydrogen-bond donors (Lipinski definition) is 23. The number of aliphatic hydroxyl groups excluding tert-OH is 16. The minimum Gasteiger partial charge on any atom is -0.492 e. The summed E-state index contributed by atoms with van der Waals surface area (Å²) in [6.45, 7) is -6.40. The van der Waals surface area contributed by atoms with E-state index < -0.39 is 278 Å². The number of rotatable bonds is 42. The molecule has 4 fully saturated rings. The number of nitrogens with one attached hydrogen (secondary N) is 7. The van der Waals surface area contributed by atoms with E-state index in [9.17, 15) is 125 Å². The average molecular weight is 1500 g/mol. The largest absolute Gasteiger partial charge is 0.492 e. The van der Waals surface area contributed by atoms with E-state index in [0.717, 1.165) is 35.3 Å². The number of nitrogens with zero attached hydrogens (tertiary/aromatic N) is 1. The molecule has 6 rings (SSSR count). The van der Waals surface area contributed by atoms with Crippen LogP contribution in [0.4, 0.5) is 0 Å². The van der Waals surface area contributed by atoms with E-state index in [1.165, 1.54) is 0 Å². The molecule has 588 valence electrons. The van der Waals surface area contributed by atoms with E-state index in [-0.39, 0.29) is 58.2 Å². The first kappa shape index (κ1) is 86.2. The number of aliphatic hydroxyl groups is 16. The number of benzene rings is 1. The van der Waals surface area contributed by atoms with Crippen molar-refractivity contribution in [2.45, 2.75) is 186 Å². The third-order valence-electron chi connectivity index (χ3n) is 17.0. The van der Waals surface area contributed by atoms with Crippen molar-refractivity contribution in [2.24, 2.45) is 0 Å². The maximum Gasteiger partial charge on any atom is 0.253 e. The summed E-state index contributed by atoms with van der Waals surface area (Å²) in [5, 5.41) is 179. The molecule has 0 aliphatic carbocycles. The fourth-order valence-electron chi connectivity index (χ4n) is 11.0. The molecule has 5 heterocycles. The first-order chi connectivity index (χ1) is 49.6. The predicted molar refractivity (Wildman–Crippen MR) is 341 cm³/mol. The van der Waals surface area contributed by atoms with Crippen LogP contribution in [-0.4, -0.2) is 373 Å². The zero-order valence-corrected chi connectivity index (χ0v) is 56.3. The van der Waals surface area contributed by atoms with Crippen LogP contribution in [0.15, 0.2) is 30.4 Å². The van der Waals surface area contributed by atoms with Gasteiger partial charge in [-0.3, -0.25) is 48.1 Å². The van der Waals surface area contributed by atoms with Gasteiger partial charge in [0.05, 0.1) is 59.4 Å². The lowest BCUT2D eigenvalue weighted by Gasteiger charge is -2.39. The standard InChI is InChI=1S/C62H96N8O34/c71-25-34-43(80)47(84)51(88)59(101-34)97-18-12-64-39(76)7-5-32(57(94)66-14-20-99-61-53(90)49(86)45(82)36(27-73)103-61)68-55(92)29-22-30(24-31(23-29)96-17-11-63-38(75)4-2-1-3-16-70-41(78)9-10-42(70)79)56(93)69-33(58(95)67-15-21-100-62-54(91)50(87)46(83)37(28-74)104-62)6-8-40(77)65-13-19-98-60-52(89)48(85)44(81)35(26-72)102-60/h9-10,22-24,32-37,43-54,59-62,71-74,80-91H,1-8,11-21,25-28H2,(H,63,75)(H,64,76)(H,65,77)(H,66,94)(H,67,95)(H,68,92)(H,69,93)/t32?,33?,34?,35?,36?,37?,43-,44-,45-,46-,47?,48?,49?,50?,51?,52?,53?,54?,59-,60-,61-,62-/m1/s1. The SMILES string of the molecule is O=C(CCCCCN1C(=O)C=CC1=O)NCCOc1cc(C(=O)NC(CCC(=O)NCCO[C@@H]2OC(CO)[C@@H](O)C(O)C2O)C(=O)NCCO[C@@H]2OC(CO)[C@@H](O)C(O)C2O)cc(C(=O)NC(CCC(=O)NCCO[C@@H]2OC(CO)[C@@H](O)C(O)C2O)C(=O)NCCO[C@@H]2OC(CO)[C@@H](O)C(O)C2O)c1. The molecule has 104 heavy (non-hydrogen) atoms. The Kier molecular flexibility index (Phi) is 35.7. The van der Waals surface area contributed by atoms with Crippen molar-refractivity contribution >= 4 is 53.2 Å². The van der Waals surface area contributed by atoms with Crippen molar-refractivity contribution in [3.05, 3.63) is 41.5 Å². The van der Waals surface area contributed by atoms with E-state index in [2.05, 4.69) is 37.2 Å². The third kappa shape index (κ3) is 25.2. The van der Waals surface area contributed by atoms with Crippen molar-refractivity contribution in [1.29, 1.82) is 0 Å². The van der Waals surface area contributed by atoms with Crippen LogP contribution in [0, 0.1) is 0 Å². The zero-order valence-electron chi connectivity index (χ0n) is 56.3. The van der Waals surface area contributed by atoms with Gasteiger partial charge in [-0.2, -0.15) is 0 Å². The van der Waals surface area contributed by atoms with Crippen LogP contribution in [0.25, 0.3) is 0 Å². The molecule has 0 spiro atoms. The van der Waals surface area contributed by atoms with E-state index in [1.54, 1.807) is 0 Å². The van der Waals surface area contributed by atoms with Crippen LogP contribution < -0.4 is 42.0 Å². The molecule has 0 bridgehead atoms. The summed E-state index contributed by atoms with van der Waals surface area (Å²) in [6, 6.07) is -0.0459. The minimum absolute atomic E-state index is 0.0311. The lowest BCUT2D eigenvalue weighted by atomic mass is 9.99. The summed E-state index contributed by atoms with van der Waals surface area (Å²) in [7, 11) is 0. The van der Waals surface area contributed by atoms with Gasteiger partial charge in [0, 0.05) is 75.3 Å². The van der Waals surface area contributed by atoms with Gasteiger partial charge in [0.25, 0.3) is 23.6 Å². The topological polar surface area (TPSA) is 648 Å². The van der Waals surface area contributed by atoms with Crippen LogP contribution in [-0.2, 0) is 71.5 Å². The molecule has 4 saturated heterocycles. The number of imide groups is 1. The maximum atomic E-state index is 14.5. The molecule has 23 N–H and O–H groups in total. The number of ether oxygens (including phenoxy) is 9. The highest BCUT2D eigenvalue weighted by Crippen LogP contribution is 2.27. The molecule has 0 aromatic heterocycles. The molecular formula is C62H96N8O34. The third-order valence-corrected chi connectivity index (χ3v) is 17.0. The lowest BCUT2D eigenvalue weighted by molar-refractivity contribution is -0.300. The van der Waals surface area contributed by atoms with Crippen molar-refractivity contribution in [3.63, 3.8) is 0 Å². The molecule has 5 aliphatic rings. The number of carbonyl (C=O) groups is 9. The summed E-state index contributed by atoms with van der Waals surface area (Å²) >= 11 is 0. The fourth-order valence-corrected chi connectivity index (χ4v) is 11.0. The Bertz CT molecular complexity index is 2800. The van der Waals surface area contributed by atoms with E-state index in [4.69, 9.17) is 42.6 Å². The molecule has 22 atom stereocenters. The van der Waals surface area contributed by atoms with Gasteiger partial charge in [-0.1, -0.05) is 6.42 Å². The minimum atomic E-state index is -1.82. The molecule has 1 aromatic rings. The number of unbranched alkanes of at least 4 members (excludes halogenated alkanes) is 2. The van der Waals surface area contributed by atoms with Gasteiger partial charge < -0.3 is 162 Å². The molecule has 14 unspecified atom stereocenters. The first-order valence-electron chi connectivity index (χ1n) is 33.6. The molecule has 1 aromatic carbocycles. The molecule has 0 saturated carbocycles. The van der Waals surface area contributed by atoms with E-state index in [1.807, 2.05) is 0 Å². The van der Waals surface area contributed by atoms with Crippen LogP contribution in [0.2, 0.25) is 0 Å². The average Bonchev–Trinajstić information content (AvgIpc) is 1.07. The monoisotopic (exact) mass is 1500 g/mol. The Morgan fingerprint density at radius 1 is 0.394 bits per heavy atom. The summed E-state index contributed by atoms with van der Waals surface area (Å²) in [5.74, 6) is -7.19. The van der Waals surface area contributed by atoms with Crippen LogP contribution in [0.1, 0.15) is 72.1 Å². The summed E-state index contributed by atoms with van der Waals surface area (Å²) in [4.78, 5) is 122. The van der Waals surface area contributed by atoms with Crippen LogP contribution in [0.5, 0.6) is 5.75 Å². The lowest BCUT2D eigenvalue weighted by Crippen LogP contribution is -2.59. The second kappa shape index (κ2) is 43.1. The molecule has 42 heteroatoms. The molecule has 0 radical (unpaired) electrons. The quantitative estimate of drug-likeness (QED) is 0.0213. The Labute approximate surface area is 593 Å². The molecular weight excluding hydrogens is 1400 g/mol. The molecule has 9 amide bonds. The van der Waals surface area contributed by atoms with Gasteiger partial charge in [-0.15, -0.1) is 0 Å². The van der Waals surface area contributed by atoms with E-state index in [0.29, 0.717) is 19.3 Å². The van der Waals surface area contributed by atoms with Gasteiger partial charge in [0.2, 0.25) is 29.5 Å². The summed E-state index contributed by atoms with van der Waals surface area (Å²) < 4.78 is 49.0. The van der Waals surface area contributed by atoms with Crippen molar-refractivity contribution in [1.82, 2.24) is 42.1 Å². The van der Waals surface area contributed by atoms with Crippen molar-refractivity contribution in [3.8, 4) is 5.75 Å². The Hall–Kier alpha value is -6.77. The van der Waals surface area contributed by atoms with Gasteiger partial charge >= 0.3 is 0 Å². The van der Waals surface area contributed by atoms with Crippen LogP contribution >= 0.6 is 0 Å². The normalized spacial score (nSPS) is 30.4. The first-order valence-corrected chi connectivity index (χ1v) is 33.6. The highest BCUT2D eigenvalue weighted by Gasteiger charge is 2.48. The fraction of sp³-hybridized carbons (Fsp3) is 0.726. The highest BCUT2D eigenvalue weighted by molar-refractivity contribution is 6.12. The van der Waals surface area contributed by atoms with Gasteiger partial charge in [-0.05, 0) is 43.9 Å². The van der Waals surface area contributed by atoms with Gasteiger partial charge in [-0.25, -0.2) is 0 Å². The van der Waals surface area contributed by atoms with Gasteiger partial charge in [0.15, 0.2) is 25.2 Å². The smallest absolute Gasteiger partial charge is 0.253 e. The Balaban J connectivity index is 1.19. The number of amides is 9. The molecule has 5 aliphatic heterocycles. The Morgan fingerprint density at radius 2 is 0.712 bits per heavy atom. The van der Waals surface area contributed by atoms with Crippen molar-refractivity contribution < 1.29 is 167 Å². The molecule has 42 nitrogen and oxygen atoms in total. The predicted octanol–water partition coefficient (Wildman–Crippen LogP) is -12.8.